The van der Waals surface area contributed by atoms with Gasteiger partial charge in [-0.25, -0.2) is 4.79 Å². The minimum atomic E-state index is -0.456. The normalized spacial score (nSPS) is 18.6. The van der Waals surface area contributed by atoms with E-state index in [0.717, 1.165) is 17.9 Å². The predicted octanol–water partition coefficient (Wildman–Crippen LogP) is 3.19. The average Bonchev–Trinajstić information content (AvgIpc) is 2.34. The Kier molecular flexibility index (Phi) is 4.34. The van der Waals surface area contributed by atoms with Gasteiger partial charge in [0.05, 0.1) is 5.69 Å². The number of carbonyl (C=O) groups is 1. The van der Waals surface area contributed by atoms with Crippen molar-refractivity contribution in [1.82, 2.24) is 10.3 Å². The molecule has 19 heavy (non-hydrogen) atoms. The molecular formula is C14H20N2O2S. The number of aromatic nitrogens is 1. The second-order valence-corrected chi connectivity index (χ2v) is 6.74. The molecule has 5 heteroatoms. The van der Waals surface area contributed by atoms with Gasteiger partial charge in [-0.1, -0.05) is 0 Å². The monoisotopic (exact) mass is 280 g/mol. The van der Waals surface area contributed by atoms with E-state index < -0.39 is 5.60 Å². The molecule has 1 aromatic rings. The number of alkyl carbamates (subject to hydrolysis) is 1. The molecule has 2 heterocycles. The van der Waals surface area contributed by atoms with Gasteiger partial charge in [0, 0.05) is 23.6 Å². The lowest BCUT2D eigenvalue weighted by Crippen LogP contribution is -2.35. The molecule has 1 aliphatic heterocycles. The van der Waals surface area contributed by atoms with E-state index in [4.69, 9.17) is 4.74 Å². The first-order valence-corrected chi connectivity index (χ1v) is 7.49. The molecule has 0 saturated heterocycles. The Balaban J connectivity index is 1.93. The lowest BCUT2D eigenvalue weighted by Gasteiger charge is -2.25. The zero-order valence-electron chi connectivity index (χ0n) is 11.6. The topological polar surface area (TPSA) is 51.2 Å². The molecule has 0 saturated carbocycles. The SMILES string of the molecule is CC(C)(C)OC(=O)NCC1CCSc2cccnc21. The second kappa shape index (κ2) is 5.82. The minimum absolute atomic E-state index is 0.282. The lowest BCUT2D eigenvalue weighted by atomic mass is 10.0. The van der Waals surface area contributed by atoms with Crippen LogP contribution in [0.25, 0.3) is 0 Å². The van der Waals surface area contributed by atoms with Crippen molar-refractivity contribution in [3.63, 3.8) is 0 Å². The third-order valence-electron chi connectivity index (χ3n) is 2.80. The average molecular weight is 280 g/mol. The molecule has 2 rings (SSSR count). The molecule has 1 amide bonds. The molecule has 0 aromatic carbocycles. The number of amides is 1. The van der Waals surface area contributed by atoms with Crippen molar-refractivity contribution < 1.29 is 9.53 Å². The van der Waals surface area contributed by atoms with Gasteiger partial charge in [0.25, 0.3) is 0 Å². The van der Waals surface area contributed by atoms with Crippen LogP contribution in [0, 0.1) is 0 Å². The number of ether oxygens (including phenoxy) is 1. The van der Waals surface area contributed by atoms with Gasteiger partial charge in [0.2, 0.25) is 0 Å². The maximum atomic E-state index is 11.7. The first kappa shape index (κ1) is 14.2. The van der Waals surface area contributed by atoms with Crippen LogP contribution < -0.4 is 5.32 Å². The van der Waals surface area contributed by atoms with Crippen LogP contribution in [0.15, 0.2) is 23.2 Å². The van der Waals surface area contributed by atoms with Crippen molar-refractivity contribution in [3.05, 3.63) is 24.0 Å². The molecule has 1 unspecified atom stereocenters. The van der Waals surface area contributed by atoms with Crippen LogP contribution in [0.2, 0.25) is 0 Å². The van der Waals surface area contributed by atoms with Crippen LogP contribution >= 0.6 is 11.8 Å². The van der Waals surface area contributed by atoms with Crippen molar-refractivity contribution in [2.75, 3.05) is 12.3 Å². The molecular weight excluding hydrogens is 260 g/mol. The molecule has 1 N–H and O–H groups in total. The molecule has 0 spiro atoms. The highest BCUT2D eigenvalue weighted by molar-refractivity contribution is 7.99. The number of hydrogen-bond donors (Lipinski definition) is 1. The number of thioether (sulfide) groups is 1. The fourth-order valence-corrected chi connectivity index (χ4v) is 3.16. The summed E-state index contributed by atoms with van der Waals surface area (Å²) in [5.74, 6) is 1.35. The number of fused-ring (bicyclic) bond motifs is 1. The number of hydrogen-bond acceptors (Lipinski definition) is 4. The number of rotatable bonds is 2. The Morgan fingerprint density at radius 3 is 3.11 bits per heavy atom. The maximum absolute atomic E-state index is 11.7. The minimum Gasteiger partial charge on any atom is -0.444 e. The Morgan fingerprint density at radius 2 is 2.37 bits per heavy atom. The number of carbonyl (C=O) groups excluding carboxylic acids is 1. The number of nitrogens with one attached hydrogen (secondary N) is 1. The highest BCUT2D eigenvalue weighted by Gasteiger charge is 2.23. The summed E-state index contributed by atoms with van der Waals surface area (Å²) in [6.45, 7) is 6.17. The molecule has 0 bridgehead atoms. The van der Waals surface area contributed by atoms with Gasteiger partial charge in [0.1, 0.15) is 5.60 Å². The molecule has 1 aliphatic rings. The van der Waals surface area contributed by atoms with Crippen LogP contribution in [-0.4, -0.2) is 29.0 Å². The molecule has 1 atom stereocenters. The molecule has 104 valence electrons. The molecule has 1 aromatic heterocycles. The Morgan fingerprint density at radius 1 is 1.58 bits per heavy atom. The van der Waals surface area contributed by atoms with E-state index in [1.54, 1.807) is 0 Å². The van der Waals surface area contributed by atoms with Crippen molar-refractivity contribution in [1.29, 1.82) is 0 Å². The number of nitrogens with zero attached hydrogens (tertiary/aromatic N) is 1. The third kappa shape index (κ3) is 4.13. The summed E-state index contributed by atoms with van der Waals surface area (Å²) < 4.78 is 5.24. The maximum Gasteiger partial charge on any atom is 0.407 e. The summed E-state index contributed by atoms with van der Waals surface area (Å²) >= 11 is 1.83. The van der Waals surface area contributed by atoms with Crippen LogP contribution in [0.1, 0.15) is 38.8 Å². The van der Waals surface area contributed by atoms with Gasteiger partial charge < -0.3 is 10.1 Å². The third-order valence-corrected chi connectivity index (χ3v) is 3.90. The lowest BCUT2D eigenvalue weighted by molar-refractivity contribution is 0.0524. The Bertz CT molecular complexity index is 457. The highest BCUT2D eigenvalue weighted by atomic mass is 32.2. The first-order valence-electron chi connectivity index (χ1n) is 6.50. The van der Waals surface area contributed by atoms with Gasteiger partial charge >= 0.3 is 6.09 Å². The smallest absolute Gasteiger partial charge is 0.407 e. The van der Waals surface area contributed by atoms with E-state index in [2.05, 4.69) is 16.4 Å². The van der Waals surface area contributed by atoms with Crippen LogP contribution in [0.4, 0.5) is 4.79 Å². The molecule has 4 nitrogen and oxygen atoms in total. The van der Waals surface area contributed by atoms with E-state index in [9.17, 15) is 4.79 Å². The quantitative estimate of drug-likeness (QED) is 0.904. The van der Waals surface area contributed by atoms with Crippen molar-refractivity contribution in [2.45, 2.75) is 43.6 Å². The first-order chi connectivity index (χ1) is 8.96. The van der Waals surface area contributed by atoms with E-state index >= 15 is 0 Å². The summed E-state index contributed by atoms with van der Waals surface area (Å²) in [4.78, 5) is 17.3. The zero-order chi connectivity index (χ0) is 13.9. The predicted molar refractivity (Wildman–Crippen MR) is 76.6 cm³/mol. The summed E-state index contributed by atoms with van der Waals surface area (Å²) in [5, 5.41) is 2.84. The molecule has 0 radical (unpaired) electrons. The fourth-order valence-electron chi connectivity index (χ4n) is 2.00. The highest BCUT2D eigenvalue weighted by Crippen LogP contribution is 2.35. The van der Waals surface area contributed by atoms with Gasteiger partial charge in [0.15, 0.2) is 0 Å². The van der Waals surface area contributed by atoms with Gasteiger partial charge in [-0.15, -0.1) is 11.8 Å². The standard InChI is InChI=1S/C14H20N2O2S/c1-14(2,3)18-13(17)16-9-10-6-8-19-11-5-4-7-15-12(10)11/h4-5,7,10H,6,8-9H2,1-3H3,(H,16,17). The second-order valence-electron chi connectivity index (χ2n) is 5.60. The van der Waals surface area contributed by atoms with Gasteiger partial charge in [-0.05, 0) is 45.1 Å². The van der Waals surface area contributed by atoms with E-state index in [1.807, 2.05) is 44.8 Å². The van der Waals surface area contributed by atoms with E-state index in [0.29, 0.717) is 6.54 Å². The zero-order valence-corrected chi connectivity index (χ0v) is 12.4. The van der Waals surface area contributed by atoms with Crippen LogP contribution in [-0.2, 0) is 4.74 Å². The summed E-state index contributed by atoms with van der Waals surface area (Å²) in [6, 6.07) is 4.04. The summed E-state index contributed by atoms with van der Waals surface area (Å²) in [7, 11) is 0. The summed E-state index contributed by atoms with van der Waals surface area (Å²) in [6.07, 6.45) is 2.48. The molecule has 0 aliphatic carbocycles. The van der Waals surface area contributed by atoms with Crippen molar-refractivity contribution in [3.8, 4) is 0 Å². The van der Waals surface area contributed by atoms with E-state index in [-0.39, 0.29) is 12.0 Å². The number of pyridine rings is 1. The molecule has 0 fully saturated rings. The Hall–Kier alpha value is -1.23. The van der Waals surface area contributed by atoms with Gasteiger partial charge in [-0.3, -0.25) is 4.98 Å². The van der Waals surface area contributed by atoms with Crippen LogP contribution in [0.3, 0.4) is 0 Å². The van der Waals surface area contributed by atoms with Gasteiger partial charge in [-0.2, -0.15) is 0 Å². The fraction of sp³-hybridized carbons (Fsp3) is 0.571. The van der Waals surface area contributed by atoms with Crippen LogP contribution in [0.5, 0.6) is 0 Å². The largest absolute Gasteiger partial charge is 0.444 e. The van der Waals surface area contributed by atoms with E-state index in [1.165, 1.54) is 4.90 Å². The van der Waals surface area contributed by atoms with Crippen molar-refractivity contribution >= 4 is 17.9 Å². The van der Waals surface area contributed by atoms with Crippen molar-refractivity contribution in [2.24, 2.45) is 0 Å². The Labute approximate surface area is 118 Å². The summed E-state index contributed by atoms with van der Waals surface area (Å²) in [5.41, 5.74) is 0.637.